The van der Waals surface area contributed by atoms with Crippen molar-refractivity contribution in [1.29, 1.82) is 0 Å². The summed E-state index contributed by atoms with van der Waals surface area (Å²) in [4.78, 5) is 20.8. The van der Waals surface area contributed by atoms with Crippen molar-refractivity contribution in [3.8, 4) is 0 Å². The van der Waals surface area contributed by atoms with E-state index in [2.05, 4.69) is 16.8 Å². The van der Waals surface area contributed by atoms with Gasteiger partial charge in [0.2, 0.25) is 5.91 Å². The number of nitrogens with two attached hydrogens (primary N) is 1. The number of nitrogens with zero attached hydrogens (tertiary/aromatic N) is 3. The third kappa shape index (κ3) is 4.25. The Morgan fingerprint density at radius 2 is 1.90 bits per heavy atom. The fraction of sp³-hybridized carbons (Fsp3) is 0.625. The smallest absolute Gasteiger partial charge is 0.242 e. The van der Waals surface area contributed by atoms with Crippen LogP contribution >= 0.6 is 0 Å². The maximum Gasteiger partial charge on any atom is 0.242 e. The number of amides is 1. The van der Waals surface area contributed by atoms with Gasteiger partial charge >= 0.3 is 0 Å². The third-order valence-electron chi connectivity index (χ3n) is 4.07. The lowest BCUT2D eigenvalue weighted by Gasteiger charge is -2.38. The van der Waals surface area contributed by atoms with Crippen LogP contribution in [0.25, 0.3) is 0 Å². The second kappa shape index (κ2) is 7.00. The highest BCUT2D eigenvalue weighted by Crippen LogP contribution is 2.15. The van der Waals surface area contributed by atoms with E-state index >= 15 is 0 Å². The van der Waals surface area contributed by atoms with E-state index in [1.54, 1.807) is 0 Å². The van der Waals surface area contributed by atoms with Gasteiger partial charge in [0.1, 0.15) is 0 Å². The molecule has 21 heavy (non-hydrogen) atoms. The Labute approximate surface area is 127 Å². The van der Waals surface area contributed by atoms with Crippen molar-refractivity contribution in [2.75, 3.05) is 26.2 Å². The van der Waals surface area contributed by atoms with Crippen LogP contribution in [0.1, 0.15) is 32.3 Å². The Bertz CT molecular complexity index is 453. The van der Waals surface area contributed by atoms with Crippen molar-refractivity contribution in [2.45, 2.75) is 38.8 Å². The van der Waals surface area contributed by atoms with Crippen molar-refractivity contribution >= 4 is 5.91 Å². The Kier molecular flexibility index (Phi) is 5.31. The first-order chi connectivity index (χ1) is 10.0. The molecule has 0 saturated carbocycles. The molecule has 0 aromatic carbocycles. The number of piperazine rings is 1. The predicted octanol–water partition coefficient (Wildman–Crippen LogP) is 1.24. The average Bonchev–Trinajstić information content (AvgIpc) is 2.48. The van der Waals surface area contributed by atoms with Gasteiger partial charge in [-0.3, -0.25) is 14.7 Å². The lowest BCUT2D eigenvalue weighted by Crippen LogP contribution is -2.58. The maximum atomic E-state index is 12.4. The summed E-state index contributed by atoms with van der Waals surface area (Å²) in [6, 6.07) is 4.07. The first kappa shape index (κ1) is 15.9. The zero-order valence-corrected chi connectivity index (χ0v) is 13.1. The van der Waals surface area contributed by atoms with Gasteiger partial charge in [0.15, 0.2) is 0 Å². The molecule has 0 bridgehead atoms. The molecular formula is C16H26N4O. The molecule has 1 saturated heterocycles. The molecule has 1 aliphatic heterocycles. The number of aromatic nitrogens is 1. The average molecular weight is 290 g/mol. The van der Waals surface area contributed by atoms with Gasteiger partial charge in [-0.05, 0) is 31.0 Å². The summed E-state index contributed by atoms with van der Waals surface area (Å²) in [6.45, 7) is 8.15. The fourth-order valence-electron chi connectivity index (χ4n) is 2.84. The Balaban J connectivity index is 1.84. The Morgan fingerprint density at radius 3 is 2.48 bits per heavy atom. The summed E-state index contributed by atoms with van der Waals surface area (Å²) in [5, 5.41) is 0. The molecule has 1 aromatic heterocycles. The summed E-state index contributed by atoms with van der Waals surface area (Å²) in [5.41, 5.74) is 6.69. The third-order valence-corrected chi connectivity index (χ3v) is 4.07. The largest absolute Gasteiger partial charge is 0.339 e. The molecule has 0 radical (unpaired) electrons. The van der Waals surface area contributed by atoms with E-state index in [9.17, 15) is 4.79 Å². The van der Waals surface area contributed by atoms with Crippen molar-refractivity contribution in [3.05, 3.63) is 30.1 Å². The SMILES string of the molecule is CCCC(C)(N)C(=O)N1CCN(Cc2ccncc2)CC1. The predicted molar refractivity (Wildman–Crippen MR) is 83.6 cm³/mol. The van der Waals surface area contributed by atoms with Gasteiger partial charge in [-0.15, -0.1) is 0 Å². The number of pyridine rings is 1. The van der Waals surface area contributed by atoms with Crippen LogP contribution in [0.3, 0.4) is 0 Å². The van der Waals surface area contributed by atoms with Crippen molar-refractivity contribution in [1.82, 2.24) is 14.8 Å². The molecule has 1 amide bonds. The molecule has 1 fully saturated rings. The van der Waals surface area contributed by atoms with Crippen LogP contribution in [0.4, 0.5) is 0 Å². The molecule has 1 aromatic rings. The van der Waals surface area contributed by atoms with E-state index < -0.39 is 5.54 Å². The lowest BCUT2D eigenvalue weighted by molar-refractivity contribution is -0.138. The normalized spacial score (nSPS) is 19.3. The minimum absolute atomic E-state index is 0.0907. The van der Waals surface area contributed by atoms with Gasteiger partial charge in [0.05, 0.1) is 5.54 Å². The molecular weight excluding hydrogens is 264 g/mol. The highest BCUT2D eigenvalue weighted by molar-refractivity contribution is 5.85. The fourth-order valence-corrected chi connectivity index (χ4v) is 2.84. The van der Waals surface area contributed by atoms with Crippen LogP contribution in [0.2, 0.25) is 0 Å². The van der Waals surface area contributed by atoms with Crippen molar-refractivity contribution in [3.63, 3.8) is 0 Å². The van der Waals surface area contributed by atoms with Gasteiger partial charge in [-0.25, -0.2) is 0 Å². The number of rotatable bonds is 5. The highest BCUT2D eigenvalue weighted by atomic mass is 16.2. The second-order valence-corrected chi connectivity index (χ2v) is 6.09. The van der Waals surface area contributed by atoms with Crippen LogP contribution in [-0.4, -0.2) is 52.4 Å². The Morgan fingerprint density at radius 1 is 1.29 bits per heavy atom. The molecule has 1 unspecified atom stereocenters. The topological polar surface area (TPSA) is 62.5 Å². The quantitative estimate of drug-likeness (QED) is 0.886. The van der Waals surface area contributed by atoms with Gasteiger partial charge in [-0.1, -0.05) is 13.3 Å². The zero-order valence-electron chi connectivity index (χ0n) is 13.1. The van der Waals surface area contributed by atoms with Crippen LogP contribution in [0.5, 0.6) is 0 Å². The highest BCUT2D eigenvalue weighted by Gasteiger charge is 2.33. The number of hydrogen-bond donors (Lipinski definition) is 1. The van der Waals surface area contributed by atoms with E-state index in [-0.39, 0.29) is 5.91 Å². The molecule has 5 nitrogen and oxygen atoms in total. The molecule has 1 aliphatic rings. The molecule has 2 rings (SSSR count). The van der Waals surface area contributed by atoms with Gasteiger partial charge in [0, 0.05) is 45.1 Å². The second-order valence-electron chi connectivity index (χ2n) is 6.09. The van der Waals surface area contributed by atoms with Crippen LogP contribution in [0.15, 0.2) is 24.5 Å². The van der Waals surface area contributed by atoms with Crippen LogP contribution in [-0.2, 0) is 11.3 Å². The summed E-state index contributed by atoms with van der Waals surface area (Å²) in [6.07, 6.45) is 5.31. The first-order valence-corrected chi connectivity index (χ1v) is 7.72. The minimum Gasteiger partial charge on any atom is -0.339 e. The maximum absolute atomic E-state index is 12.4. The molecule has 2 heterocycles. The molecule has 0 aliphatic carbocycles. The zero-order chi connectivity index (χ0) is 15.3. The van der Waals surface area contributed by atoms with E-state index in [0.717, 1.165) is 45.6 Å². The Hall–Kier alpha value is -1.46. The molecule has 5 heteroatoms. The first-order valence-electron chi connectivity index (χ1n) is 7.72. The van der Waals surface area contributed by atoms with Crippen molar-refractivity contribution in [2.24, 2.45) is 5.73 Å². The van der Waals surface area contributed by atoms with E-state index in [4.69, 9.17) is 5.73 Å². The van der Waals surface area contributed by atoms with E-state index in [1.165, 1.54) is 5.56 Å². The molecule has 0 spiro atoms. The lowest BCUT2D eigenvalue weighted by atomic mass is 9.95. The summed E-state index contributed by atoms with van der Waals surface area (Å²) >= 11 is 0. The van der Waals surface area contributed by atoms with Gasteiger partial charge in [0.25, 0.3) is 0 Å². The monoisotopic (exact) mass is 290 g/mol. The van der Waals surface area contributed by atoms with Gasteiger partial charge in [-0.2, -0.15) is 0 Å². The van der Waals surface area contributed by atoms with Gasteiger partial charge < -0.3 is 10.6 Å². The number of hydrogen-bond acceptors (Lipinski definition) is 4. The van der Waals surface area contributed by atoms with Crippen LogP contribution < -0.4 is 5.73 Å². The number of carbonyl (C=O) groups is 1. The molecule has 116 valence electrons. The van der Waals surface area contributed by atoms with E-state index in [0.29, 0.717) is 0 Å². The minimum atomic E-state index is -0.720. The standard InChI is InChI=1S/C16H26N4O/c1-3-6-16(2,17)15(21)20-11-9-19(10-12-20)13-14-4-7-18-8-5-14/h4-5,7-8H,3,6,9-13,17H2,1-2H3. The van der Waals surface area contributed by atoms with Crippen molar-refractivity contribution < 1.29 is 4.79 Å². The summed E-state index contributed by atoms with van der Waals surface area (Å²) in [5.74, 6) is 0.0907. The molecule has 2 N–H and O–H groups in total. The van der Waals surface area contributed by atoms with E-state index in [1.807, 2.05) is 36.4 Å². The summed E-state index contributed by atoms with van der Waals surface area (Å²) in [7, 11) is 0. The van der Waals surface area contributed by atoms with Crippen LogP contribution in [0, 0.1) is 0 Å². The molecule has 1 atom stereocenters. The number of carbonyl (C=O) groups excluding carboxylic acids is 1. The summed E-state index contributed by atoms with van der Waals surface area (Å²) < 4.78 is 0.